The summed E-state index contributed by atoms with van der Waals surface area (Å²) >= 11 is 0. The van der Waals surface area contributed by atoms with Gasteiger partial charge < -0.3 is 15.6 Å². The van der Waals surface area contributed by atoms with Gasteiger partial charge in [-0.2, -0.15) is 0 Å². The second kappa shape index (κ2) is 5.95. The maximum Gasteiger partial charge on any atom is 0.293 e. The van der Waals surface area contributed by atoms with Gasteiger partial charge in [0.15, 0.2) is 5.82 Å². The largest absolute Gasteiger partial charge is 0.359 e. The topological polar surface area (TPSA) is 72.9 Å². The van der Waals surface area contributed by atoms with Crippen LogP contribution in [0.4, 0.5) is 5.82 Å². The number of hydrogen-bond acceptors (Lipinski definition) is 4. The first kappa shape index (κ1) is 16.7. The molecule has 5 nitrogen and oxygen atoms in total. The van der Waals surface area contributed by atoms with Crippen LogP contribution in [-0.4, -0.2) is 21.6 Å². The maximum atomic E-state index is 12.5. The van der Waals surface area contributed by atoms with Crippen LogP contribution in [-0.2, 0) is 5.54 Å². The van der Waals surface area contributed by atoms with Gasteiger partial charge in [-0.25, -0.2) is 4.98 Å². The summed E-state index contributed by atoms with van der Waals surface area (Å²) < 4.78 is 1.69. The van der Waals surface area contributed by atoms with E-state index in [-0.39, 0.29) is 16.6 Å². The van der Waals surface area contributed by atoms with Crippen LogP contribution >= 0.6 is 0 Å². The van der Waals surface area contributed by atoms with Crippen molar-refractivity contribution in [1.29, 1.82) is 0 Å². The van der Waals surface area contributed by atoms with Gasteiger partial charge in [0, 0.05) is 30.0 Å². The summed E-state index contributed by atoms with van der Waals surface area (Å²) in [5.41, 5.74) is 5.18. The fourth-order valence-electron chi connectivity index (χ4n) is 2.40. The lowest BCUT2D eigenvalue weighted by atomic mass is 9.91. The quantitative estimate of drug-likeness (QED) is 0.867. The highest BCUT2D eigenvalue weighted by Gasteiger charge is 2.26. The Balaban J connectivity index is 3.13. The Kier molecular flexibility index (Phi) is 4.97. The molecule has 1 unspecified atom stereocenters. The van der Waals surface area contributed by atoms with Crippen LogP contribution in [0.15, 0.2) is 17.2 Å². The van der Waals surface area contributed by atoms with Gasteiger partial charge >= 0.3 is 0 Å². The fourth-order valence-corrected chi connectivity index (χ4v) is 2.40. The van der Waals surface area contributed by atoms with Crippen LogP contribution in [0.5, 0.6) is 0 Å². The summed E-state index contributed by atoms with van der Waals surface area (Å²) in [5, 5.41) is 3.25. The molecule has 1 atom stereocenters. The first-order valence-corrected chi connectivity index (χ1v) is 7.15. The van der Waals surface area contributed by atoms with E-state index in [4.69, 9.17) is 5.73 Å². The van der Waals surface area contributed by atoms with E-state index in [1.807, 2.05) is 27.7 Å². The van der Waals surface area contributed by atoms with Crippen molar-refractivity contribution in [2.24, 2.45) is 11.7 Å². The Bertz CT molecular complexity index is 501. The number of aromatic nitrogens is 2. The zero-order valence-corrected chi connectivity index (χ0v) is 13.5. The lowest BCUT2D eigenvalue weighted by Gasteiger charge is -2.32. The molecule has 0 aliphatic carbocycles. The number of nitrogens with one attached hydrogen (secondary N) is 1. The number of nitrogens with zero attached hydrogens (tertiary/aromatic N) is 2. The minimum atomic E-state index is -0.322. The van der Waals surface area contributed by atoms with Crippen molar-refractivity contribution in [3.63, 3.8) is 0 Å². The van der Waals surface area contributed by atoms with Crippen molar-refractivity contribution < 1.29 is 0 Å². The maximum absolute atomic E-state index is 12.5. The lowest BCUT2D eigenvalue weighted by molar-refractivity contribution is 0.378. The first-order chi connectivity index (χ1) is 9.09. The monoisotopic (exact) mass is 280 g/mol. The van der Waals surface area contributed by atoms with Crippen molar-refractivity contribution in [3.8, 4) is 0 Å². The summed E-state index contributed by atoms with van der Waals surface area (Å²) in [5.74, 6) is 0.862. The molecule has 0 spiro atoms. The average molecular weight is 280 g/mol. The predicted octanol–water partition coefficient (Wildman–Crippen LogP) is 2.17. The van der Waals surface area contributed by atoms with Crippen LogP contribution in [0.25, 0.3) is 0 Å². The van der Waals surface area contributed by atoms with E-state index in [1.54, 1.807) is 17.0 Å². The van der Waals surface area contributed by atoms with E-state index in [2.05, 4.69) is 24.1 Å². The third kappa shape index (κ3) is 4.07. The number of hydrogen-bond donors (Lipinski definition) is 2. The minimum absolute atomic E-state index is 0.108. The Morgan fingerprint density at radius 2 is 1.95 bits per heavy atom. The molecule has 0 radical (unpaired) electrons. The Morgan fingerprint density at radius 1 is 1.35 bits per heavy atom. The van der Waals surface area contributed by atoms with Gasteiger partial charge in [-0.1, -0.05) is 13.8 Å². The summed E-state index contributed by atoms with van der Waals surface area (Å²) in [6.07, 6.45) is 4.26. The molecule has 114 valence electrons. The number of rotatable bonds is 5. The molecule has 0 fully saturated rings. The average Bonchev–Trinajstić information content (AvgIpc) is 2.29. The van der Waals surface area contributed by atoms with Crippen LogP contribution in [0.1, 0.15) is 48.0 Å². The van der Waals surface area contributed by atoms with Gasteiger partial charge in [-0.05, 0) is 40.0 Å². The van der Waals surface area contributed by atoms with E-state index < -0.39 is 0 Å². The van der Waals surface area contributed by atoms with Crippen molar-refractivity contribution in [1.82, 2.24) is 9.55 Å². The third-order valence-corrected chi connectivity index (χ3v) is 3.29. The molecule has 5 heteroatoms. The molecule has 0 saturated carbocycles. The molecule has 3 N–H and O–H groups in total. The first-order valence-electron chi connectivity index (χ1n) is 7.15. The minimum Gasteiger partial charge on any atom is -0.359 e. The summed E-state index contributed by atoms with van der Waals surface area (Å²) in [6, 6.07) is 0. The Hall–Kier alpha value is -1.36. The molecule has 0 amide bonds. The zero-order valence-electron chi connectivity index (χ0n) is 13.5. The van der Waals surface area contributed by atoms with Crippen molar-refractivity contribution >= 4 is 5.82 Å². The van der Waals surface area contributed by atoms with Crippen molar-refractivity contribution in [3.05, 3.63) is 22.7 Å². The third-order valence-electron chi connectivity index (χ3n) is 3.29. The molecule has 0 bridgehead atoms. The van der Waals surface area contributed by atoms with Crippen LogP contribution in [0.3, 0.4) is 0 Å². The lowest BCUT2D eigenvalue weighted by Crippen LogP contribution is -2.46. The molecule has 1 aromatic rings. The fraction of sp³-hybridized carbons (Fsp3) is 0.733. The molecule has 20 heavy (non-hydrogen) atoms. The molecule has 0 aromatic carbocycles. The van der Waals surface area contributed by atoms with Gasteiger partial charge in [0.05, 0.1) is 0 Å². The predicted molar refractivity (Wildman–Crippen MR) is 84.0 cm³/mol. The van der Waals surface area contributed by atoms with Crippen molar-refractivity contribution in [2.45, 2.75) is 59.0 Å². The molecule has 0 saturated heterocycles. The van der Waals surface area contributed by atoms with Crippen LogP contribution in [0.2, 0.25) is 0 Å². The van der Waals surface area contributed by atoms with E-state index in [9.17, 15) is 4.79 Å². The van der Waals surface area contributed by atoms with Gasteiger partial charge in [0.1, 0.15) is 0 Å². The molecule has 1 aromatic heterocycles. The van der Waals surface area contributed by atoms with E-state index in [0.717, 1.165) is 6.42 Å². The molecular weight excluding hydrogens is 252 g/mol. The Morgan fingerprint density at radius 3 is 2.40 bits per heavy atom. The van der Waals surface area contributed by atoms with Crippen molar-refractivity contribution in [2.75, 3.05) is 11.9 Å². The van der Waals surface area contributed by atoms with Gasteiger partial charge in [-0.15, -0.1) is 0 Å². The Labute approximate surface area is 121 Å². The second-order valence-corrected chi connectivity index (χ2v) is 7.11. The van der Waals surface area contributed by atoms with Gasteiger partial charge in [-0.3, -0.25) is 4.79 Å². The van der Waals surface area contributed by atoms with Gasteiger partial charge in [0.2, 0.25) is 0 Å². The highest BCUT2D eigenvalue weighted by atomic mass is 16.1. The van der Waals surface area contributed by atoms with E-state index in [0.29, 0.717) is 18.3 Å². The van der Waals surface area contributed by atoms with Crippen LogP contribution in [0, 0.1) is 5.92 Å². The SMILES string of the molecule is CC(C)CC(C)(CN)Nc1nccn(C(C)(C)C)c1=O. The molecule has 1 rings (SSSR count). The summed E-state index contributed by atoms with van der Waals surface area (Å²) in [7, 11) is 0. The molecular formula is C15H28N4O. The standard InChI is InChI=1S/C15H28N4O/c1-11(2)9-15(6,10-16)18-12-13(20)19(8-7-17-12)14(3,4)5/h7-8,11H,9-10,16H2,1-6H3,(H,17,18). The number of nitrogens with two attached hydrogens (primary N) is 1. The highest BCUT2D eigenvalue weighted by molar-refractivity contribution is 5.35. The summed E-state index contributed by atoms with van der Waals surface area (Å²) in [4.78, 5) is 16.7. The normalized spacial score (nSPS) is 15.2. The van der Waals surface area contributed by atoms with E-state index >= 15 is 0 Å². The smallest absolute Gasteiger partial charge is 0.293 e. The highest BCUT2D eigenvalue weighted by Crippen LogP contribution is 2.19. The number of anilines is 1. The van der Waals surface area contributed by atoms with Gasteiger partial charge in [0.25, 0.3) is 5.56 Å². The molecule has 0 aliphatic heterocycles. The summed E-state index contributed by atoms with van der Waals surface area (Å²) in [6.45, 7) is 12.7. The van der Waals surface area contributed by atoms with Crippen LogP contribution < -0.4 is 16.6 Å². The second-order valence-electron chi connectivity index (χ2n) is 7.11. The molecule has 0 aliphatic rings. The molecule has 1 heterocycles. The van der Waals surface area contributed by atoms with E-state index in [1.165, 1.54) is 0 Å². The zero-order chi connectivity index (χ0) is 15.6.